The molecule has 0 fully saturated rings. The molecule has 7 heteroatoms. The Balaban J connectivity index is 1.75. The predicted octanol–water partition coefficient (Wildman–Crippen LogP) is 1.05. The molecule has 1 amide bonds. The Kier molecular flexibility index (Phi) is 3.92. The fourth-order valence-corrected chi connectivity index (χ4v) is 2.28. The van der Waals surface area contributed by atoms with Crippen LogP contribution in [0, 0.1) is 0 Å². The van der Waals surface area contributed by atoms with E-state index in [4.69, 9.17) is 14.2 Å². The van der Waals surface area contributed by atoms with Gasteiger partial charge in [-0.1, -0.05) is 6.07 Å². The fraction of sp³-hybridized carbons (Fsp3) is 0.250. The molecule has 2 heterocycles. The summed E-state index contributed by atoms with van der Waals surface area (Å²) in [6, 6.07) is 6.76. The Morgan fingerprint density at radius 1 is 1.30 bits per heavy atom. The van der Waals surface area contributed by atoms with Gasteiger partial charge in [0.05, 0.1) is 12.7 Å². The summed E-state index contributed by atoms with van der Waals surface area (Å²) < 4.78 is 17.0. The highest BCUT2D eigenvalue weighted by Crippen LogP contribution is 2.32. The number of aromatic nitrogens is 1. The number of carbonyl (C=O) groups is 1. The van der Waals surface area contributed by atoms with Gasteiger partial charge in [-0.05, 0) is 17.7 Å². The SMILES string of the molecule is COc1cc(=O)n(C)cc1C(=O)NCc1ccc2c(c1)OCO2. The minimum atomic E-state index is -0.324. The van der Waals surface area contributed by atoms with E-state index in [1.54, 1.807) is 13.1 Å². The molecule has 0 unspecified atom stereocenters. The lowest BCUT2D eigenvalue weighted by molar-refractivity contribution is 0.0947. The van der Waals surface area contributed by atoms with Crippen LogP contribution >= 0.6 is 0 Å². The van der Waals surface area contributed by atoms with Gasteiger partial charge >= 0.3 is 0 Å². The van der Waals surface area contributed by atoms with Crippen molar-refractivity contribution in [3.05, 3.63) is 51.9 Å². The number of methoxy groups -OCH3 is 1. The molecule has 120 valence electrons. The standard InChI is InChI=1S/C16H16N2O5/c1-18-8-11(13(21-2)6-15(18)19)16(20)17-7-10-3-4-12-14(5-10)23-9-22-12/h3-6,8H,7,9H2,1-2H3,(H,17,20). The van der Waals surface area contributed by atoms with Gasteiger partial charge in [0.1, 0.15) is 5.75 Å². The number of fused-ring (bicyclic) bond motifs is 1. The van der Waals surface area contributed by atoms with E-state index in [1.807, 2.05) is 12.1 Å². The number of rotatable bonds is 4. The van der Waals surface area contributed by atoms with E-state index in [9.17, 15) is 9.59 Å². The first-order valence-corrected chi connectivity index (χ1v) is 7.00. The van der Waals surface area contributed by atoms with Crippen LogP contribution in [0.5, 0.6) is 17.2 Å². The lowest BCUT2D eigenvalue weighted by Gasteiger charge is -2.11. The van der Waals surface area contributed by atoms with Crippen molar-refractivity contribution >= 4 is 5.91 Å². The molecule has 0 radical (unpaired) electrons. The van der Waals surface area contributed by atoms with Crippen molar-refractivity contribution in [2.24, 2.45) is 7.05 Å². The summed E-state index contributed by atoms with van der Waals surface area (Å²) in [4.78, 5) is 23.9. The third kappa shape index (κ3) is 2.98. The van der Waals surface area contributed by atoms with Crippen LogP contribution < -0.4 is 25.1 Å². The van der Waals surface area contributed by atoms with Crippen LogP contribution in [0.1, 0.15) is 15.9 Å². The molecule has 0 atom stereocenters. The Morgan fingerprint density at radius 3 is 2.87 bits per heavy atom. The van der Waals surface area contributed by atoms with E-state index in [0.717, 1.165) is 5.56 Å². The van der Waals surface area contributed by atoms with Gasteiger partial charge in [-0.15, -0.1) is 0 Å². The molecular formula is C16H16N2O5. The molecule has 0 aliphatic carbocycles. The van der Waals surface area contributed by atoms with Crippen molar-refractivity contribution in [3.63, 3.8) is 0 Å². The Morgan fingerprint density at radius 2 is 2.09 bits per heavy atom. The molecule has 0 spiro atoms. The van der Waals surface area contributed by atoms with E-state index in [2.05, 4.69) is 5.32 Å². The molecule has 1 aromatic heterocycles. The Hall–Kier alpha value is -2.96. The smallest absolute Gasteiger partial charge is 0.256 e. The summed E-state index contributed by atoms with van der Waals surface area (Å²) in [7, 11) is 3.00. The van der Waals surface area contributed by atoms with Gasteiger partial charge in [-0.3, -0.25) is 9.59 Å². The van der Waals surface area contributed by atoms with Crippen LogP contribution in [0.25, 0.3) is 0 Å². The Labute approximate surface area is 132 Å². The summed E-state index contributed by atoms with van der Waals surface area (Å²) in [5, 5.41) is 2.80. The fourth-order valence-electron chi connectivity index (χ4n) is 2.28. The number of nitrogens with zero attached hydrogens (tertiary/aromatic N) is 1. The first-order valence-electron chi connectivity index (χ1n) is 7.00. The molecule has 1 aromatic carbocycles. The van der Waals surface area contributed by atoms with E-state index in [-0.39, 0.29) is 24.0 Å². The second kappa shape index (κ2) is 6.04. The number of benzene rings is 1. The molecule has 1 aliphatic rings. The summed E-state index contributed by atoms with van der Waals surface area (Å²) in [6.45, 7) is 0.530. The zero-order valence-electron chi connectivity index (χ0n) is 12.8. The first-order chi connectivity index (χ1) is 11.1. The molecule has 0 saturated carbocycles. The summed E-state index contributed by atoms with van der Waals surface area (Å²) >= 11 is 0. The number of amides is 1. The van der Waals surface area contributed by atoms with Crippen molar-refractivity contribution in [3.8, 4) is 17.2 Å². The van der Waals surface area contributed by atoms with Gasteiger partial charge in [-0.2, -0.15) is 0 Å². The molecule has 2 aromatic rings. The van der Waals surface area contributed by atoms with Crippen LogP contribution in [0.3, 0.4) is 0 Å². The molecule has 1 aliphatic heterocycles. The highest BCUT2D eigenvalue weighted by molar-refractivity contribution is 5.96. The van der Waals surface area contributed by atoms with Crippen LogP contribution in [0.4, 0.5) is 0 Å². The minimum absolute atomic E-state index is 0.209. The zero-order chi connectivity index (χ0) is 16.4. The maximum absolute atomic E-state index is 12.3. The summed E-state index contributed by atoms with van der Waals surface area (Å²) in [5.41, 5.74) is 0.941. The van der Waals surface area contributed by atoms with Gasteiger partial charge in [0.15, 0.2) is 11.5 Å². The topological polar surface area (TPSA) is 78.8 Å². The van der Waals surface area contributed by atoms with Crippen molar-refractivity contribution in [2.45, 2.75) is 6.54 Å². The predicted molar refractivity (Wildman–Crippen MR) is 82.0 cm³/mol. The zero-order valence-corrected chi connectivity index (χ0v) is 12.8. The lowest BCUT2D eigenvalue weighted by Crippen LogP contribution is -2.26. The first kappa shape index (κ1) is 15.0. The van der Waals surface area contributed by atoms with Crippen LogP contribution in [0.2, 0.25) is 0 Å². The van der Waals surface area contributed by atoms with E-state index in [1.165, 1.54) is 23.9 Å². The molecule has 23 heavy (non-hydrogen) atoms. The monoisotopic (exact) mass is 316 g/mol. The number of hydrogen-bond acceptors (Lipinski definition) is 5. The van der Waals surface area contributed by atoms with Gasteiger partial charge in [0.25, 0.3) is 11.5 Å². The quantitative estimate of drug-likeness (QED) is 0.912. The largest absolute Gasteiger partial charge is 0.496 e. The molecule has 3 rings (SSSR count). The highest BCUT2D eigenvalue weighted by Gasteiger charge is 2.16. The molecular weight excluding hydrogens is 300 g/mol. The lowest BCUT2D eigenvalue weighted by atomic mass is 10.2. The van der Waals surface area contributed by atoms with E-state index in [0.29, 0.717) is 23.6 Å². The highest BCUT2D eigenvalue weighted by atomic mass is 16.7. The Bertz CT molecular complexity index is 813. The molecule has 0 saturated heterocycles. The van der Waals surface area contributed by atoms with Gasteiger partial charge in [-0.25, -0.2) is 0 Å². The molecule has 0 bridgehead atoms. The third-order valence-corrected chi connectivity index (χ3v) is 3.54. The number of nitrogens with one attached hydrogen (secondary N) is 1. The number of carbonyl (C=O) groups excluding carboxylic acids is 1. The second-order valence-electron chi connectivity index (χ2n) is 5.07. The third-order valence-electron chi connectivity index (χ3n) is 3.54. The second-order valence-corrected chi connectivity index (χ2v) is 5.07. The number of aryl methyl sites for hydroxylation is 1. The van der Waals surface area contributed by atoms with Crippen LogP contribution in [0.15, 0.2) is 35.3 Å². The maximum atomic E-state index is 12.3. The van der Waals surface area contributed by atoms with E-state index >= 15 is 0 Å². The van der Waals surface area contributed by atoms with Gasteiger partial charge in [0, 0.05) is 25.9 Å². The van der Waals surface area contributed by atoms with Crippen molar-refractivity contribution < 1.29 is 19.0 Å². The number of ether oxygens (including phenoxy) is 3. The van der Waals surface area contributed by atoms with E-state index < -0.39 is 0 Å². The average molecular weight is 316 g/mol. The van der Waals surface area contributed by atoms with Crippen LogP contribution in [-0.4, -0.2) is 24.4 Å². The molecule has 7 nitrogen and oxygen atoms in total. The summed E-state index contributed by atoms with van der Waals surface area (Å²) in [6.07, 6.45) is 1.45. The maximum Gasteiger partial charge on any atom is 0.256 e. The minimum Gasteiger partial charge on any atom is -0.496 e. The number of pyridine rings is 1. The van der Waals surface area contributed by atoms with Crippen LogP contribution in [-0.2, 0) is 13.6 Å². The average Bonchev–Trinajstić information content (AvgIpc) is 3.02. The van der Waals surface area contributed by atoms with Crippen molar-refractivity contribution in [1.82, 2.24) is 9.88 Å². The van der Waals surface area contributed by atoms with Crippen molar-refractivity contribution in [2.75, 3.05) is 13.9 Å². The molecule has 1 N–H and O–H groups in total. The summed E-state index contributed by atoms with van der Waals surface area (Å²) in [5.74, 6) is 1.28. The van der Waals surface area contributed by atoms with Crippen molar-refractivity contribution in [1.29, 1.82) is 0 Å². The number of hydrogen-bond donors (Lipinski definition) is 1. The normalized spacial score (nSPS) is 12.1. The van der Waals surface area contributed by atoms with Gasteiger partial charge in [0.2, 0.25) is 6.79 Å². The van der Waals surface area contributed by atoms with Gasteiger partial charge < -0.3 is 24.1 Å².